The van der Waals surface area contributed by atoms with E-state index in [1.807, 2.05) is 6.07 Å². The molecule has 1 aromatic carbocycles. The van der Waals surface area contributed by atoms with Gasteiger partial charge in [-0.05, 0) is 24.0 Å². The standard InChI is InChI=1S/C14H18N2O.ClH/c17-14(16-9-10-7-15-8-10)13-6-5-11-3-1-2-4-12(11)13;/h1-4,10,13,15H,5-9H2,(H,16,17);1H. The maximum Gasteiger partial charge on any atom is 0.227 e. The van der Waals surface area contributed by atoms with Crippen LogP contribution in [0.4, 0.5) is 0 Å². The lowest BCUT2D eigenvalue weighted by Crippen LogP contribution is -2.48. The summed E-state index contributed by atoms with van der Waals surface area (Å²) in [6, 6.07) is 8.31. The van der Waals surface area contributed by atoms with Crippen molar-refractivity contribution < 1.29 is 4.79 Å². The third-order valence-corrected chi connectivity index (χ3v) is 3.88. The molecule has 1 unspecified atom stereocenters. The number of hydrogen-bond acceptors (Lipinski definition) is 2. The smallest absolute Gasteiger partial charge is 0.227 e. The predicted molar refractivity (Wildman–Crippen MR) is 74.1 cm³/mol. The van der Waals surface area contributed by atoms with Crippen LogP contribution in [0.1, 0.15) is 23.5 Å². The van der Waals surface area contributed by atoms with E-state index in [4.69, 9.17) is 0 Å². The SMILES string of the molecule is Cl.O=C(NCC1CNC1)C1CCc2ccccc21. The molecule has 0 radical (unpaired) electrons. The monoisotopic (exact) mass is 266 g/mol. The normalized spacial score (nSPS) is 21.7. The van der Waals surface area contributed by atoms with Crippen LogP contribution in [0.25, 0.3) is 0 Å². The van der Waals surface area contributed by atoms with Crippen molar-refractivity contribution in [3.05, 3.63) is 35.4 Å². The average molecular weight is 267 g/mol. The largest absolute Gasteiger partial charge is 0.355 e. The van der Waals surface area contributed by atoms with Crippen molar-refractivity contribution in [2.24, 2.45) is 5.92 Å². The van der Waals surface area contributed by atoms with E-state index in [0.29, 0.717) is 5.92 Å². The van der Waals surface area contributed by atoms with E-state index in [1.165, 1.54) is 11.1 Å². The molecule has 18 heavy (non-hydrogen) atoms. The van der Waals surface area contributed by atoms with Crippen molar-refractivity contribution >= 4 is 18.3 Å². The van der Waals surface area contributed by atoms with E-state index in [-0.39, 0.29) is 24.2 Å². The molecule has 0 saturated carbocycles. The second kappa shape index (κ2) is 5.72. The highest BCUT2D eigenvalue weighted by atomic mass is 35.5. The number of aryl methyl sites for hydroxylation is 1. The summed E-state index contributed by atoms with van der Waals surface area (Å²) in [6.07, 6.45) is 2.01. The maximum atomic E-state index is 12.1. The summed E-state index contributed by atoms with van der Waals surface area (Å²) in [7, 11) is 0. The maximum absolute atomic E-state index is 12.1. The molecule has 1 aliphatic heterocycles. The fraction of sp³-hybridized carbons (Fsp3) is 0.500. The summed E-state index contributed by atoms with van der Waals surface area (Å²) in [5.74, 6) is 0.927. The minimum absolute atomic E-state index is 0. The minimum Gasteiger partial charge on any atom is -0.355 e. The van der Waals surface area contributed by atoms with Crippen molar-refractivity contribution in [2.75, 3.05) is 19.6 Å². The molecule has 2 aliphatic rings. The first-order valence-electron chi connectivity index (χ1n) is 6.41. The number of amides is 1. The summed E-state index contributed by atoms with van der Waals surface area (Å²) < 4.78 is 0. The molecule has 1 saturated heterocycles. The Morgan fingerprint density at radius 2 is 2.11 bits per heavy atom. The van der Waals surface area contributed by atoms with Gasteiger partial charge in [0.15, 0.2) is 0 Å². The van der Waals surface area contributed by atoms with E-state index in [0.717, 1.165) is 32.5 Å². The number of halogens is 1. The number of carbonyl (C=O) groups is 1. The highest BCUT2D eigenvalue weighted by Gasteiger charge is 2.28. The van der Waals surface area contributed by atoms with Crippen LogP contribution in [0.15, 0.2) is 24.3 Å². The number of fused-ring (bicyclic) bond motifs is 1. The molecule has 1 aromatic rings. The fourth-order valence-corrected chi connectivity index (χ4v) is 2.69. The lowest BCUT2D eigenvalue weighted by atomic mass is 9.99. The third kappa shape index (κ3) is 2.52. The Labute approximate surface area is 114 Å². The molecule has 3 rings (SSSR count). The van der Waals surface area contributed by atoms with Crippen LogP contribution in [-0.2, 0) is 11.2 Å². The van der Waals surface area contributed by atoms with E-state index >= 15 is 0 Å². The van der Waals surface area contributed by atoms with Gasteiger partial charge in [0.2, 0.25) is 5.91 Å². The average Bonchev–Trinajstić information content (AvgIpc) is 2.70. The van der Waals surface area contributed by atoms with Gasteiger partial charge in [-0.2, -0.15) is 0 Å². The number of hydrogen-bond donors (Lipinski definition) is 2. The van der Waals surface area contributed by atoms with Gasteiger partial charge in [-0.25, -0.2) is 0 Å². The van der Waals surface area contributed by atoms with E-state index in [9.17, 15) is 4.79 Å². The highest BCUT2D eigenvalue weighted by Crippen LogP contribution is 2.32. The first kappa shape index (κ1) is 13.4. The van der Waals surface area contributed by atoms with Crippen LogP contribution in [0.5, 0.6) is 0 Å². The van der Waals surface area contributed by atoms with Crippen molar-refractivity contribution in [3.63, 3.8) is 0 Å². The molecular formula is C14H19ClN2O. The molecule has 1 amide bonds. The highest BCUT2D eigenvalue weighted by molar-refractivity contribution is 5.85. The molecule has 4 heteroatoms. The second-order valence-electron chi connectivity index (χ2n) is 5.06. The van der Waals surface area contributed by atoms with Gasteiger partial charge in [0.05, 0.1) is 5.92 Å². The summed E-state index contributed by atoms with van der Waals surface area (Å²) in [5.41, 5.74) is 2.58. The molecule has 1 atom stereocenters. The number of carbonyl (C=O) groups excluding carboxylic acids is 1. The Hall–Kier alpha value is -1.06. The van der Waals surface area contributed by atoms with Crippen LogP contribution in [-0.4, -0.2) is 25.5 Å². The van der Waals surface area contributed by atoms with Gasteiger partial charge in [-0.15, -0.1) is 12.4 Å². The zero-order chi connectivity index (χ0) is 11.7. The van der Waals surface area contributed by atoms with Gasteiger partial charge in [0.25, 0.3) is 0 Å². The number of benzene rings is 1. The summed E-state index contributed by atoms with van der Waals surface area (Å²) in [5, 5.41) is 6.31. The third-order valence-electron chi connectivity index (χ3n) is 3.88. The summed E-state index contributed by atoms with van der Waals surface area (Å²) in [6.45, 7) is 2.91. The van der Waals surface area contributed by atoms with Crippen molar-refractivity contribution in [2.45, 2.75) is 18.8 Å². The molecule has 98 valence electrons. The summed E-state index contributed by atoms with van der Waals surface area (Å²) >= 11 is 0. The van der Waals surface area contributed by atoms with Gasteiger partial charge < -0.3 is 10.6 Å². The van der Waals surface area contributed by atoms with E-state index in [2.05, 4.69) is 28.8 Å². The van der Waals surface area contributed by atoms with Crippen LogP contribution >= 0.6 is 12.4 Å². The lowest BCUT2D eigenvalue weighted by molar-refractivity contribution is -0.122. The van der Waals surface area contributed by atoms with Crippen LogP contribution in [0.2, 0.25) is 0 Å². The molecular weight excluding hydrogens is 248 g/mol. The van der Waals surface area contributed by atoms with Gasteiger partial charge in [0.1, 0.15) is 0 Å². The van der Waals surface area contributed by atoms with Gasteiger partial charge >= 0.3 is 0 Å². The van der Waals surface area contributed by atoms with Crippen molar-refractivity contribution in [1.82, 2.24) is 10.6 Å². The molecule has 2 N–H and O–H groups in total. The molecule has 0 aromatic heterocycles. The molecule has 3 nitrogen and oxygen atoms in total. The Kier molecular flexibility index (Phi) is 4.25. The first-order chi connectivity index (χ1) is 8.34. The zero-order valence-electron chi connectivity index (χ0n) is 10.3. The van der Waals surface area contributed by atoms with Gasteiger partial charge in [-0.3, -0.25) is 4.79 Å². The Bertz CT molecular complexity index is 432. The van der Waals surface area contributed by atoms with Crippen molar-refractivity contribution in [3.8, 4) is 0 Å². The topological polar surface area (TPSA) is 41.1 Å². The fourth-order valence-electron chi connectivity index (χ4n) is 2.69. The molecule has 0 bridgehead atoms. The second-order valence-corrected chi connectivity index (χ2v) is 5.06. The Morgan fingerprint density at radius 3 is 2.83 bits per heavy atom. The summed E-state index contributed by atoms with van der Waals surface area (Å²) in [4.78, 5) is 12.1. The molecule has 0 spiro atoms. The molecule has 1 heterocycles. The van der Waals surface area contributed by atoms with E-state index < -0.39 is 0 Å². The number of rotatable bonds is 3. The lowest BCUT2D eigenvalue weighted by Gasteiger charge is -2.27. The van der Waals surface area contributed by atoms with Crippen LogP contribution < -0.4 is 10.6 Å². The zero-order valence-corrected chi connectivity index (χ0v) is 11.1. The van der Waals surface area contributed by atoms with E-state index in [1.54, 1.807) is 0 Å². The first-order valence-corrected chi connectivity index (χ1v) is 6.41. The molecule has 1 aliphatic carbocycles. The van der Waals surface area contributed by atoms with Gasteiger partial charge in [-0.1, -0.05) is 24.3 Å². The Balaban J connectivity index is 0.00000120. The Morgan fingerprint density at radius 1 is 1.33 bits per heavy atom. The minimum atomic E-state index is 0. The predicted octanol–water partition coefficient (Wildman–Crippen LogP) is 1.47. The van der Waals surface area contributed by atoms with Crippen LogP contribution in [0.3, 0.4) is 0 Å². The van der Waals surface area contributed by atoms with Crippen molar-refractivity contribution in [1.29, 1.82) is 0 Å². The number of nitrogens with one attached hydrogen (secondary N) is 2. The quantitative estimate of drug-likeness (QED) is 0.870. The molecule has 1 fully saturated rings. The van der Waals surface area contributed by atoms with Gasteiger partial charge in [0, 0.05) is 25.6 Å². The van der Waals surface area contributed by atoms with Crippen LogP contribution in [0, 0.1) is 5.92 Å².